The molecule has 0 nitrogen and oxygen atoms in total. The van der Waals surface area contributed by atoms with E-state index in [0.717, 1.165) is 0 Å². The quantitative estimate of drug-likeness (QED) is 0.403. The second kappa shape index (κ2) is 9.64. The molecule has 0 aliphatic heterocycles. The van der Waals surface area contributed by atoms with E-state index < -0.39 is 0 Å². The van der Waals surface area contributed by atoms with Crippen molar-refractivity contribution in [2.24, 2.45) is 0 Å². The van der Waals surface area contributed by atoms with Gasteiger partial charge in [0, 0.05) is 5.25 Å². The molecule has 0 spiro atoms. The lowest BCUT2D eigenvalue weighted by molar-refractivity contribution is 0.636. The molecule has 1 atom stereocenters. The van der Waals surface area contributed by atoms with Crippen molar-refractivity contribution in [3.05, 3.63) is 11.6 Å². The molecule has 0 fully saturated rings. The van der Waals surface area contributed by atoms with Gasteiger partial charge in [0.25, 0.3) is 0 Å². The largest absolute Gasteiger partial charge is 0.158 e. The van der Waals surface area contributed by atoms with Crippen molar-refractivity contribution in [1.82, 2.24) is 0 Å². The highest BCUT2D eigenvalue weighted by atomic mass is 32.2. The molecular weight excluding hydrogens is 188 g/mol. The molecular formula is C13H26S. The van der Waals surface area contributed by atoms with Gasteiger partial charge in [-0.1, -0.05) is 44.3 Å². The maximum absolute atomic E-state index is 2.42. The molecule has 0 N–H and O–H groups in total. The maximum Gasteiger partial charge on any atom is 0.0222 e. The first-order valence-electron chi connectivity index (χ1n) is 5.91. The second-order valence-corrected chi connectivity index (χ2v) is 5.21. The van der Waals surface area contributed by atoms with Crippen LogP contribution in [0.3, 0.4) is 0 Å². The maximum atomic E-state index is 2.42. The van der Waals surface area contributed by atoms with Crippen LogP contribution >= 0.6 is 11.8 Å². The molecule has 1 unspecified atom stereocenters. The average molecular weight is 214 g/mol. The second-order valence-electron chi connectivity index (χ2n) is 4.03. The Hall–Kier alpha value is 0.0900. The summed E-state index contributed by atoms with van der Waals surface area (Å²) in [5, 5.41) is 0.700. The number of hydrogen-bond acceptors (Lipinski definition) is 1. The Kier molecular flexibility index (Phi) is 9.70. The van der Waals surface area contributed by atoms with E-state index in [1.54, 1.807) is 5.57 Å². The van der Waals surface area contributed by atoms with Gasteiger partial charge in [0.1, 0.15) is 0 Å². The fourth-order valence-electron chi connectivity index (χ4n) is 1.43. The average Bonchev–Trinajstić information content (AvgIpc) is 2.21. The summed E-state index contributed by atoms with van der Waals surface area (Å²) in [4.78, 5) is 0. The molecule has 0 rings (SSSR count). The minimum atomic E-state index is 0.700. The van der Waals surface area contributed by atoms with Crippen LogP contribution in [0.2, 0.25) is 0 Å². The van der Waals surface area contributed by atoms with E-state index in [4.69, 9.17) is 0 Å². The number of allylic oxidation sites excluding steroid dienone is 1. The summed E-state index contributed by atoms with van der Waals surface area (Å²) in [6.07, 6.45) is 12.8. The highest BCUT2D eigenvalue weighted by Crippen LogP contribution is 2.16. The van der Waals surface area contributed by atoms with Gasteiger partial charge in [-0.25, -0.2) is 0 Å². The van der Waals surface area contributed by atoms with E-state index >= 15 is 0 Å². The van der Waals surface area contributed by atoms with Gasteiger partial charge in [-0.2, -0.15) is 11.8 Å². The van der Waals surface area contributed by atoms with Crippen molar-refractivity contribution in [3.63, 3.8) is 0 Å². The monoisotopic (exact) mass is 214 g/mol. The van der Waals surface area contributed by atoms with Crippen LogP contribution in [0.25, 0.3) is 0 Å². The summed E-state index contributed by atoms with van der Waals surface area (Å²) >= 11 is 1.94. The van der Waals surface area contributed by atoms with E-state index in [9.17, 15) is 0 Å². The molecule has 0 aromatic carbocycles. The summed E-state index contributed by atoms with van der Waals surface area (Å²) in [5.74, 6) is 0. The van der Waals surface area contributed by atoms with Gasteiger partial charge in [-0.3, -0.25) is 0 Å². The molecule has 0 aromatic rings. The van der Waals surface area contributed by atoms with Crippen molar-refractivity contribution < 1.29 is 0 Å². The molecule has 0 radical (unpaired) electrons. The Bertz CT molecular complexity index is 149. The lowest BCUT2D eigenvalue weighted by atomic mass is 10.1. The molecule has 0 bridgehead atoms. The topological polar surface area (TPSA) is 0 Å². The van der Waals surface area contributed by atoms with Crippen LogP contribution in [-0.2, 0) is 0 Å². The standard InChI is InChI=1S/C13H26S/c1-5-6-7-8-9-10-11-12(2)13(3)14-4/h11,13H,5-10H2,1-4H3. The molecule has 0 aliphatic carbocycles. The van der Waals surface area contributed by atoms with Gasteiger partial charge in [-0.15, -0.1) is 0 Å². The molecule has 84 valence electrons. The molecule has 14 heavy (non-hydrogen) atoms. The highest BCUT2D eigenvalue weighted by Gasteiger charge is 1.99. The Balaban J connectivity index is 3.41. The lowest BCUT2D eigenvalue weighted by Gasteiger charge is -2.08. The van der Waals surface area contributed by atoms with Crippen LogP contribution in [0.4, 0.5) is 0 Å². The first kappa shape index (κ1) is 14.1. The zero-order valence-electron chi connectivity index (χ0n) is 10.3. The Labute approximate surface area is 94.6 Å². The van der Waals surface area contributed by atoms with Crippen molar-refractivity contribution >= 4 is 11.8 Å². The number of rotatable bonds is 8. The highest BCUT2D eigenvalue weighted by molar-refractivity contribution is 7.99. The van der Waals surface area contributed by atoms with Crippen LogP contribution in [0.5, 0.6) is 0 Å². The summed E-state index contributed by atoms with van der Waals surface area (Å²) in [6, 6.07) is 0. The van der Waals surface area contributed by atoms with Crippen molar-refractivity contribution in [2.45, 2.75) is 64.5 Å². The summed E-state index contributed by atoms with van der Waals surface area (Å²) in [7, 11) is 0. The Morgan fingerprint density at radius 3 is 2.43 bits per heavy atom. The zero-order chi connectivity index (χ0) is 10.8. The van der Waals surface area contributed by atoms with E-state index in [-0.39, 0.29) is 0 Å². The van der Waals surface area contributed by atoms with Gasteiger partial charge in [0.15, 0.2) is 0 Å². The summed E-state index contributed by atoms with van der Waals surface area (Å²) < 4.78 is 0. The minimum absolute atomic E-state index is 0.700. The van der Waals surface area contributed by atoms with E-state index in [0.29, 0.717) is 5.25 Å². The van der Waals surface area contributed by atoms with Crippen LogP contribution in [0.15, 0.2) is 11.6 Å². The smallest absolute Gasteiger partial charge is 0.0222 e. The SMILES string of the molecule is CCCCCCCC=C(C)C(C)SC. The minimum Gasteiger partial charge on any atom is -0.158 e. The molecule has 0 aliphatic rings. The Morgan fingerprint density at radius 1 is 1.21 bits per heavy atom. The predicted molar refractivity (Wildman–Crippen MR) is 70.1 cm³/mol. The summed E-state index contributed by atoms with van der Waals surface area (Å²) in [5.41, 5.74) is 1.55. The van der Waals surface area contributed by atoms with Crippen LogP contribution in [0.1, 0.15) is 59.3 Å². The normalized spacial score (nSPS) is 14.4. The van der Waals surface area contributed by atoms with Crippen molar-refractivity contribution in [3.8, 4) is 0 Å². The zero-order valence-corrected chi connectivity index (χ0v) is 11.1. The van der Waals surface area contributed by atoms with Gasteiger partial charge < -0.3 is 0 Å². The first-order valence-corrected chi connectivity index (χ1v) is 7.20. The van der Waals surface area contributed by atoms with Gasteiger partial charge in [0.05, 0.1) is 0 Å². The number of thioether (sulfide) groups is 1. The fraction of sp³-hybridized carbons (Fsp3) is 0.846. The molecule has 0 amide bonds. The van der Waals surface area contributed by atoms with Crippen LogP contribution < -0.4 is 0 Å². The van der Waals surface area contributed by atoms with E-state index in [2.05, 4.69) is 33.1 Å². The number of hydrogen-bond donors (Lipinski definition) is 0. The van der Waals surface area contributed by atoms with E-state index in [1.165, 1.54) is 38.5 Å². The van der Waals surface area contributed by atoms with E-state index in [1.807, 2.05) is 11.8 Å². The third-order valence-electron chi connectivity index (χ3n) is 2.77. The third-order valence-corrected chi connectivity index (χ3v) is 3.85. The van der Waals surface area contributed by atoms with Crippen molar-refractivity contribution in [2.75, 3.05) is 6.26 Å². The predicted octanol–water partition coefficient (Wildman–Crippen LogP) is 5.04. The third kappa shape index (κ3) is 7.49. The van der Waals surface area contributed by atoms with Gasteiger partial charge in [0.2, 0.25) is 0 Å². The molecule has 0 saturated heterocycles. The van der Waals surface area contributed by atoms with Gasteiger partial charge >= 0.3 is 0 Å². The molecule has 0 saturated carbocycles. The van der Waals surface area contributed by atoms with Crippen LogP contribution in [0, 0.1) is 0 Å². The fourth-order valence-corrected chi connectivity index (χ4v) is 1.90. The first-order chi connectivity index (χ1) is 6.72. The van der Waals surface area contributed by atoms with Crippen LogP contribution in [-0.4, -0.2) is 11.5 Å². The summed E-state index contributed by atoms with van der Waals surface area (Å²) in [6.45, 7) is 6.81. The Morgan fingerprint density at radius 2 is 1.86 bits per heavy atom. The van der Waals surface area contributed by atoms with Crippen molar-refractivity contribution in [1.29, 1.82) is 0 Å². The molecule has 1 heteroatoms. The van der Waals surface area contributed by atoms with Gasteiger partial charge in [-0.05, 0) is 32.9 Å². The molecule has 0 aromatic heterocycles. The number of unbranched alkanes of at least 4 members (excludes halogenated alkanes) is 5. The molecule has 0 heterocycles. The lowest BCUT2D eigenvalue weighted by Crippen LogP contribution is -1.96.